The minimum Gasteiger partial charge on any atom is -0.350 e. The fourth-order valence-electron chi connectivity index (χ4n) is 2.91. The monoisotopic (exact) mass is 334 g/mol. The molecule has 1 aliphatic rings. The van der Waals surface area contributed by atoms with E-state index >= 15 is 0 Å². The molecule has 3 aromatic heterocycles. The van der Waals surface area contributed by atoms with Gasteiger partial charge in [-0.1, -0.05) is 17.3 Å². The fourth-order valence-corrected chi connectivity index (χ4v) is 2.91. The van der Waals surface area contributed by atoms with Crippen molar-refractivity contribution in [1.29, 1.82) is 0 Å². The summed E-state index contributed by atoms with van der Waals surface area (Å²) >= 11 is 0. The van der Waals surface area contributed by atoms with Crippen LogP contribution in [0.25, 0.3) is 11.4 Å². The average Bonchev–Trinajstić information content (AvgIpc) is 3.37. The first kappa shape index (κ1) is 15.5. The van der Waals surface area contributed by atoms with E-state index in [4.69, 9.17) is 4.52 Å². The Kier molecular flexibility index (Phi) is 4.01. The maximum absolute atomic E-state index is 13.0. The predicted molar refractivity (Wildman–Crippen MR) is 91.6 cm³/mol. The molecule has 1 amide bonds. The first-order valence-electron chi connectivity index (χ1n) is 8.36. The highest BCUT2D eigenvalue weighted by Crippen LogP contribution is 2.35. The van der Waals surface area contributed by atoms with Gasteiger partial charge in [0.15, 0.2) is 0 Å². The molecule has 0 saturated heterocycles. The van der Waals surface area contributed by atoms with Crippen LogP contribution in [0.5, 0.6) is 0 Å². The van der Waals surface area contributed by atoms with Crippen molar-refractivity contribution in [2.45, 2.75) is 31.8 Å². The molecule has 0 aliphatic heterocycles. The molecule has 1 unspecified atom stereocenters. The van der Waals surface area contributed by atoms with Gasteiger partial charge in [-0.15, -0.1) is 0 Å². The highest BCUT2D eigenvalue weighted by Gasteiger charge is 2.38. The quantitative estimate of drug-likeness (QED) is 0.714. The molecule has 0 spiro atoms. The molecule has 6 nitrogen and oxygen atoms in total. The van der Waals surface area contributed by atoms with Crippen LogP contribution >= 0.6 is 0 Å². The third-order valence-corrected chi connectivity index (χ3v) is 4.36. The molecule has 0 radical (unpaired) electrons. The maximum atomic E-state index is 13.0. The van der Waals surface area contributed by atoms with Crippen molar-refractivity contribution in [2.75, 3.05) is 0 Å². The Morgan fingerprint density at radius 3 is 2.52 bits per heavy atom. The predicted octanol–water partition coefficient (Wildman–Crippen LogP) is 3.50. The van der Waals surface area contributed by atoms with Crippen molar-refractivity contribution in [1.82, 2.24) is 20.0 Å². The third-order valence-electron chi connectivity index (χ3n) is 4.36. The van der Waals surface area contributed by atoms with Gasteiger partial charge in [-0.2, -0.15) is 0 Å². The van der Waals surface area contributed by atoms with Crippen molar-refractivity contribution in [3.05, 3.63) is 66.3 Å². The molecule has 1 saturated carbocycles. The Bertz CT molecular complexity index is 859. The van der Waals surface area contributed by atoms with Gasteiger partial charge in [0.2, 0.25) is 5.76 Å². The number of hydrogen-bond donors (Lipinski definition) is 0. The lowest BCUT2D eigenvalue weighted by atomic mass is 10.1. The van der Waals surface area contributed by atoms with Crippen LogP contribution < -0.4 is 0 Å². The van der Waals surface area contributed by atoms with Crippen LogP contribution in [-0.2, 0) is 0 Å². The number of aromatic nitrogens is 3. The first-order valence-corrected chi connectivity index (χ1v) is 8.36. The SMILES string of the molecule is CC(c1ccccn1)N(C(=O)c1cc(-c2ccccn2)no1)C1CC1. The van der Waals surface area contributed by atoms with Crippen molar-refractivity contribution >= 4 is 5.91 Å². The lowest BCUT2D eigenvalue weighted by molar-refractivity contribution is 0.0627. The van der Waals surface area contributed by atoms with Gasteiger partial charge in [-0.05, 0) is 44.0 Å². The van der Waals surface area contributed by atoms with Gasteiger partial charge in [0.25, 0.3) is 5.91 Å². The standard InChI is InChI=1S/C19H18N4O2/c1-13(15-6-2-4-10-20-15)23(14-8-9-14)19(24)18-12-17(22-25-18)16-7-3-5-11-21-16/h2-7,10-14H,8-9H2,1H3. The number of hydrogen-bond acceptors (Lipinski definition) is 5. The molecule has 3 heterocycles. The molecule has 0 aromatic carbocycles. The van der Waals surface area contributed by atoms with E-state index in [1.165, 1.54) is 0 Å². The topological polar surface area (TPSA) is 72.1 Å². The zero-order valence-electron chi connectivity index (χ0n) is 13.9. The highest BCUT2D eigenvalue weighted by molar-refractivity contribution is 5.93. The molecule has 126 valence electrons. The van der Waals surface area contributed by atoms with Crippen molar-refractivity contribution in [3.63, 3.8) is 0 Å². The summed E-state index contributed by atoms with van der Waals surface area (Å²) in [6.45, 7) is 1.99. The van der Waals surface area contributed by atoms with Crippen LogP contribution in [0.3, 0.4) is 0 Å². The molecule has 1 atom stereocenters. The smallest absolute Gasteiger partial charge is 0.293 e. The highest BCUT2D eigenvalue weighted by atomic mass is 16.5. The lowest BCUT2D eigenvalue weighted by Crippen LogP contribution is -2.35. The van der Waals surface area contributed by atoms with Gasteiger partial charge in [-0.3, -0.25) is 14.8 Å². The normalized spacial score (nSPS) is 14.9. The van der Waals surface area contributed by atoms with Crippen LogP contribution in [0.15, 0.2) is 59.4 Å². The zero-order valence-corrected chi connectivity index (χ0v) is 13.9. The summed E-state index contributed by atoms with van der Waals surface area (Å²) in [6, 6.07) is 13.0. The largest absolute Gasteiger partial charge is 0.350 e. The summed E-state index contributed by atoms with van der Waals surface area (Å²) in [5.41, 5.74) is 2.11. The molecule has 0 bridgehead atoms. The Morgan fingerprint density at radius 1 is 1.12 bits per heavy atom. The van der Waals surface area contributed by atoms with Crippen molar-refractivity contribution < 1.29 is 9.32 Å². The third kappa shape index (κ3) is 3.15. The summed E-state index contributed by atoms with van der Waals surface area (Å²) in [5.74, 6) is 0.0747. The minimum atomic E-state index is -0.157. The Hall–Kier alpha value is -3.02. The molecule has 25 heavy (non-hydrogen) atoms. The van der Waals surface area contributed by atoms with Crippen molar-refractivity contribution in [2.24, 2.45) is 0 Å². The Balaban J connectivity index is 1.61. The lowest BCUT2D eigenvalue weighted by Gasteiger charge is -2.27. The van der Waals surface area contributed by atoms with Gasteiger partial charge in [0, 0.05) is 24.5 Å². The van der Waals surface area contributed by atoms with Gasteiger partial charge in [0.1, 0.15) is 5.69 Å². The van der Waals surface area contributed by atoms with E-state index < -0.39 is 0 Å². The summed E-state index contributed by atoms with van der Waals surface area (Å²) in [5, 5.41) is 4.00. The van der Waals surface area contributed by atoms with Gasteiger partial charge >= 0.3 is 0 Å². The van der Waals surface area contributed by atoms with E-state index in [0.717, 1.165) is 18.5 Å². The van der Waals surface area contributed by atoms with Crippen LogP contribution in [0.4, 0.5) is 0 Å². The molecule has 6 heteroatoms. The van der Waals surface area contributed by atoms with E-state index in [2.05, 4.69) is 15.1 Å². The average molecular weight is 334 g/mol. The van der Waals surface area contributed by atoms with Crippen LogP contribution in [0, 0.1) is 0 Å². The fraction of sp³-hybridized carbons (Fsp3) is 0.263. The second-order valence-corrected chi connectivity index (χ2v) is 6.17. The second kappa shape index (κ2) is 6.47. The summed E-state index contributed by atoms with van der Waals surface area (Å²) < 4.78 is 5.32. The molecule has 4 rings (SSSR count). The molecule has 1 fully saturated rings. The summed E-state index contributed by atoms with van der Waals surface area (Å²) in [4.78, 5) is 23.5. The summed E-state index contributed by atoms with van der Waals surface area (Å²) in [6.07, 6.45) is 5.44. The Morgan fingerprint density at radius 2 is 1.88 bits per heavy atom. The van der Waals surface area contributed by atoms with E-state index in [1.807, 2.05) is 48.2 Å². The number of carbonyl (C=O) groups excluding carboxylic acids is 1. The number of carbonyl (C=O) groups is 1. The van der Waals surface area contributed by atoms with Gasteiger partial charge < -0.3 is 9.42 Å². The minimum absolute atomic E-state index is 0.121. The van der Waals surface area contributed by atoms with Gasteiger partial charge in [0.05, 0.1) is 17.4 Å². The Labute approximate surface area is 145 Å². The van der Waals surface area contributed by atoms with E-state index in [-0.39, 0.29) is 23.8 Å². The van der Waals surface area contributed by atoms with E-state index in [9.17, 15) is 4.79 Å². The number of amides is 1. The van der Waals surface area contributed by atoms with Gasteiger partial charge in [-0.25, -0.2) is 0 Å². The van der Waals surface area contributed by atoms with Crippen molar-refractivity contribution in [3.8, 4) is 11.4 Å². The summed E-state index contributed by atoms with van der Waals surface area (Å²) in [7, 11) is 0. The van der Waals surface area contributed by atoms with E-state index in [0.29, 0.717) is 11.4 Å². The molecular weight excluding hydrogens is 316 g/mol. The second-order valence-electron chi connectivity index (χ2n) is 6.17. The molecule has 1 aliphatic carbocycles. The molecule has 0 N–H and O–H groups in total. The number of nitrogens with zero attached hydrogens (tertiary/aromatic N) is 4. The molecule has 3 aromatic rings. The first-order chi connectivity index (χ1) is 12.2. The zero-order chi connectivity index (χ0) is 17.2. The van der Waals surface area contributed by atoms with Crippen LogP contribution in [-0.4, -0.2) is 32.0 Å². The molecular formula is C19H18N4O2. The van der Waals surface area contributed by atoms with Crippen LogP contribution in [0.2, 0.25) is 0 Å². The van der Waals surface area contributed by atoms with Crippen LogP contribution in [0.1, 0.15) is 42.1 Å². The van der Waals surface area contributed by atoms with E-state index in [1.54, 1.807) is 18.5 Å². The number of pyridine rings is 2. The number of rotatable bonds is 5. The maximum Gasteiger partial charge on any atom is 0.293 e.